The molecule has 0 saturated carbocycles. The standard InChI is InChI=1S/C19H37N4O/c1-16(2)21-8-10-22(11-9-21)19(24)18-5-12-23(3,13-6-18)15-17-4-7-20-14-17/h16-18,20H,4-15H2,1-3H3/q+1. The van der Waals surface area contributed by atoms with Gasteiger partial charge in [-0.3, -0.25) is 9.69 Å². The Morgan fingerprint density at radius 1 is 1.12 bits per heavy atom. The molecule has 138 valence electrons. The number of nitrogens with one attached hydrogen (secondary N) is 1. The number of carbonyl (C=O) groups is 1. The third-order valence-corrected chi connectivity index (χ3v) is 6.60. The molecule has 0 aromatic carbocycles. The minimum absolute atomic E-state index is 0.281. The summed E-state index contributed by atoms with van der Waals surface area (Å²) in [6, 6.07) is 0.597. The number of hydrogen-bond acceptors (Lipinski definition) is 3. The third-order valence-electron chi connectivity index (χ3n) is 6.60. The van der Waals surface area contributed by atoms with Crippen LogP contribution in [0.25, 0.3) is 0 Å². The number of quaternary nitrogens is 1. The Hall–Kier alpha value is -0.650. The molecule has 0 radical (unpaired) electrons. The Morgan fingerprint density at radius 3 is 2.33 bits per heavy atom. The molecular weight excluding hydrogens is 300 g/mol. The fraction of sp³-hybridized carbons (Fsp3) is 0.947. The summed E-state index contributed by atoms with van der Waals surface area (Å²) in [7, 11) is 2.40. The highest BCUT2D eigenvalue weighted by atomic mass is 16.2. The van der Waals surface area contributed by atoms with Crippen LogP contribution in [-0.2, 0) is 4.79 Å². The fourth-order valence-corrected chi connectivity index (χ4v) is 4.83. The van der Waals surface area contributed by atoms with Gasteiger partial charge in [0.1, 0.15) is 0 Å². The van der Waals surface area contributed by atoms with Crippen molar-refractivity contribution in [1.29, 1.82) is 0 Å². The van der Waals surface area contributed by atoms with E-state index in [9.17, 15) is 4.79 Å². The number of rotatable bonds is 4. The van der Waals surface area contributed by atoms with E-state index in [2.05, 4.69) is 36.0 Å². The molecule has 0 aliphatic carbocycles. The van der Waals surface area contributed by atoms with Crippen LogP contribution < -0.4 is 5.32 Å². The van der Waals surface area contributed by atoms with E-state index in [1.54, 1.807) is 0 Å². The lowest BCUT2D eigenvalue weighted by atomic mass is 9.92. The molecule has 3 fully saturated rings. The Labute approximate surface area is 147 Å². The van der Waals surface area contributed by atoms with Gasteiger partial charge < -0.3 is 14.7 Å². The molecule has 5 heteroatoms. The van der Waals surface area contributed by atoms with Crippen molar-refractivity contribution in [3.05, 3.63) is 0 Å². The van der Waals surface area contributed by atoms with Gasteiger partial charge in [0.25, 0.3) is 0 Å². The Bertz CT molecular complexity index is 417. The third kappa shape index (κ3) is 4.30. The lowest BCUT2D eigenvalue weighted by Crippen LogP contribution is -2.56. The predicted molar refractivity (Wildman–Crippen MR) is 97.8 cm³/mol. The minimum Gasteiger partial charge on any atom is -0.340 e. The van der Waals surface area contributed by atoms with Crippen molar-refractivity contribution in [1.82, 2.24) is 15.1 Å². The number of nitrogens with zero attached hydrogens (tertiary/aromatic N) is 3. The SMILES string of the molecule is CC(C)N1CCN(C(=O)C2CC[N+](C)(CC3CCNC3)CC2)CC1. The number of hydrogen-bond donors (Lipinski definition) is 1. The summed E-state index contributed by atoms with van der Waals surface area (Å²) < 4.78 is 1.18. The molecule has 1 amide bonds. The lowest BCUT2D eigenvalue weighted by molar-refractivity contribution is -0.917. The number of likely N-dealkylation sites (tertiary alicyclic amines) is 1. The van der Waals surface area contributed by atoms with E-state index in [0.717, 1.165) is 44.9 Å². The second kappa shape index (κ2) is 7.71. The van der Waals surface area contributed by atoms with E-state index in [4.69, 9.17) is 0 Å². The highest BCUT2D eigenvalue weighted by molar-refractivity contribution is 5.79. The average Bonchev–Trinajstić information content (AvgIpc) is 3.07. The lowest BCUT2D eigenvalue weighted by Gasteiger charge is -2.43. The van der Waals surface area contributed by atoms with Crippen LogP contribution in [0.4, 0.5) is 0 Å². The molecule has 5 nitrogen and oxygen atoms in total. The predicted octanol–water partition coefficient (Wildman–Crippen LogP) is 1.01. The summed E-state index contributed by atoms with van der Waals surface area (Å²) >= 11 is 0. The average molecular weight is 338 g/mol. The second-order valence-electron chi connectivity index (χ2n) is 8.84. The summed E-state index contributed by atoms with van der Waals surface area (Å²) in [5.74, 6) is 1.56. The zero-order valence-corrected chi connectivity index (χ0v) is 16.0. The monoisotopic (exact) mass is 337 g/mol. The van der Waals surface area contributed by atoms with Gasteiger partial charge in [-0.15, -0.1) is 0 Å². The van der Waals surface area contributed by atoms with Gasteiger partial charge in [-0.1, -0.05) is 0 Å². The van der Waals surface area contributed by atoms with Crippen LogP contribution in [0.15, 0.2) is 0 Å². The number of carbonyl (C=O) groups excluding carboxylic acids is 1. The summed E-state index contributed by atoms with van der Waals surface area (Å²) in [5, 5.41) is 3.49. The maximum absolute atomic E-state index is 12.9. The van der Waals surface area contributed by atoms with Crippen molar-refractivity contribution in [2.45, 2.75) is 39.2 Å². The molecule has 0 aromatic heterocycles. The van der Waals surface area contributed by atoms with Crippen molar-refractivity contribution in [3.8, 4) is 0 Å². The molecule has 1 atom stereocenters. The zero-order valence-electron chi connectivity index (χ0n) is 16.0. The molecule has 3 saturated heterocycles. The quantitative estimate of drug-likeness (QED) is 0.778. The van der Waals surface area contributed by atoms with E-state index in [-0.39, 0.29) is 5.92 Å². The topological polar surface area (TPSA) is 35.6 Å². The summed E-state index contributed by atoms with van der Waals surface area (Å²) in [5.41, 5.74) is 0. The van der Waals surface area contributed by atoms with Crippen LogP contribution >= 0.6 is 0 Å². The second-order valence-corrected chi connectivity index (χ2v) is 8.84. The van der Waals surface area contributed by atoms with E-state index in [0.29, 0.717) is 11.9 Å². The highest BCUT2D eigenvalue weighted by Crippen LogP contribution is 2.26. The molecule has 3 aliphatic heterocycles. The van der Waals surface area contributed by atoms with Gasteiger partial charge in [-0.2, -0.15) is 0 Å². The fourth-order valence-electron chi connectivity index (χ4n) is 4.83. The van der Waals surface area contributed by atoms with E-state index in [1.165, 1.54) is 43.6 Å². The van der Waals surface area contributed by atoms with Gasteiger partial charge in [0, 0.05) is 63.4 Å². The smallest absolute Gasteiger partial charge is 0.226 e. The Kier molecular flexibility index (Phi) is 5.83. The largest absolute Gasteiger partial charge is 0.340 e. The Morgan fingerprint density at radius 2 is 1.79 bits per heavy atom. The molecular formula is C19H37N4O+. The van der Waals surface area contributed by atoms with Crippen molar-refractivity contribution in [2.75, 3.05) is 66.0 Å². The molecule has 0 aromatic rings. The zero-order chi connectivity index (χ0) is 17.2. The van der Waals surface area contributed by atoms with Gasteiger partial charge in [0.15, 0.2) is 0 Å². The van der Waals surface area contributed by atoms with Crippen molar-refractivity contribution in [2.24, 2.45) is 11.8 Å². The summed E-state index contributed by atoms with van der Waals surface area (Å²) in [6.45, 7) is 14.5. The first-order valence-electron chi connectivity index (χ1n) is 10.0. The van der Waals surface area contributed by atoms with Gasteiger partial charge in [-0.05, 0) is 26.8 Å². The van der Waals surface area contributed by atoms with Gasteiger partial charge in [0.2, 0.25) is 5.91 Å². The van der Waals surface area contributed by atoms with Crippen LogP contribution in [0.2, 0.25) is 0 Å². The molecule has 0 bridgehead atoms. The van der Waals surface area contributed by atoms with Crippen molar-refractivity contribution >= 4 is 5.91 Å². The Balaban J connectivity index is 1.45. The van der Waals surface area contributed by atoms with Gasteiger partial charge in [-0.25, -0.2) is 0 Å². The first-order valence-corrected chi connectivity index (χ1v) is 10.0. The first kappa shape index (κ1) is 18.2. The molecule has 1 N–H and O–H groups in total. The first-order chi connectivity index (χ1) is 11.5. The number of amides is 1. The van der Waals surface area contributed by atoms with E-state index >= 15 is 0 Å². The molecule has 1 unspecified atom stereocenters. The van der Waals surface area contributed by atoms with Crippen LogP contribution in [0.5, 0.6) is 0 Å². The molecule has 24 heavy (non-hydrogen) atoms. The maximum Gasteiger partial charge on any atom is 0.226 e. The summed E-state index contributed by atoms with van der Waals surface area (Å²) in [6.07, 6.45) is 3.50. The minimum atomic E-state index is 0.281. The van der Waals surface area contributed by atoms with E-state index in [1.807, 2.05) is 0 Å². The molecule has 3 aliphatic rings. The van der Waals surface area contributed by atoms with Crippen LogP contribution in [-0.4, -0.2) is 92.2 Å². The van der Waals surface area contributed by atoms with Crippen molar-refractivity contribution in [3.63, 3.8) is 0 Å². The van der Waals surface area contributed by atoms with E-state index < -0.39 is 0 Å². The number of piperazine rings is 1. The number of piperidine rings is 1. The molecule has 0 spiro atoms. The highest BCUT2D eigenvalue weighted by Gasteiger charge is 2.37. The van der Waals surface area contributed by atoms with Crippen LogP contribution in [0.3, 0.4) is 0 Å². The molecule has 3 rings (SSSR count). The summed E-state index contributed by atoms with van der Waals surface area (Å²) in [4.78, 5) is 17.5. The molecule has 3 heterocycles. The van der Waals surface area contributed by atoms with Gasteiger partial charge >= 0.3 is 0 Å². The van der Waals surface area contributed by atoms with Gasteiger partial charge in [0.05, 0.1) is 26.7 Å². The van der Waals surface area contributed by atoms with Crippen molar-refractivity contribution < 1.29 is 9.28 Å². The normalized spacial score (nSPS) is 35.6. The van der Waals surface area contributed by atoms with Crippen LogP contribution in [0.1, 0.15) is 33.1 Å². The maximum atomic E-state index is 12.9. The van der Waals surface area contributed by atoms with Crippen LogP contribution in [0, 0.1) is 11.8 Å².